The lowest BCUT2D eigenvalue weighted by molar-refractivity contribution is -0.154. The first kappa shape index (κ1) is 18.4. The lowest BCUT2D eigenvalue weighted by atomic mass is 9.75. The van der Waals surface area contributed by atoms with Crippen LogP contribution in [0.25, 0.3) is 0 Å². The average molecular weight is 378 g/mol. The molecule has 2 saturated heterocycles. The standard InChI is InChI=1S/C22H22N2O4/c1-13-9-7-8-12-15(13)18-16-17(20(26)24(2)19(16)25)22(23-18,21(27)28-3)14-10-5-4-6-11-14/h4-12,16-18,23H,1-3H3/t16-,17+,18+,22+/m0/s1. The molecule has 2 heterocycles. The van der Waals surface area contributed by atoms with Crippen LogP contribution in [-0.2, 0) is 24.7 Å². The predicted molar refractivity (Wildman–Crippen MR) is 102 cm³/mol. The van der Waals surface area contributed by atoms with Gasteiger partial charge in [-0.05, 0) is 23.6 Å². The number of hydrogen-bond acceptors (Lipinski definition) is 5. The van der Waals surface area contributed by atoms with Crippen molar-refractivity contribution < 1.29 is 19.1 Å². The third-order valence-electron chi connectivity index (χ3n) is 6.04. The van der Waals surface area contributed by atoms with E-state index in [2.05, 4.69) is 5.32 Å². The van der Waals surface area contributed by atoms with E-state index in [-0.39, 0.29) is 11.8 Å². The van der Waals surface area contributed by atoms with Gasteiger partial charge in [0.25, 0.3) is 0 Å². The van der Waals surface area contributed by atoms with Crippen molar-refractivity contribution in [1.82, 2.24) is 10.2 Å². The van der Waals surface area contributed by atoms with E-state index in [4.69, 9.17) is 4.74 Å². The summed E-state index contributed by atoms with van der Waals surface area (Å²) in [5, 5.41) is 3.37. The first-order valence-corrected chi connectivity index (χ1v) is 9.22. The maximum atomic E-state index is 13.1. The monoisotopic (exact) mass is 378 g/mol. The Balaban J connectivity index is 1.97. The third kappa shape index (κ3) is 2.34. The Kier molecular flexibility index (Phi) is 4.31. The van der Waals surface area contributed by atoms with Crippen molar-refractivity contribution in [3.63, 3.8) is 0 Å². The molecular weight excluding hydrogens is 356 g/mol. The third-order valence-corrected chi connectivity index (χ3v) is 6.04. The smallest absolute Gasteiger partial charge is 0.331 e. The van der Waals surface area contributed by atoms with Gasteiger partial charge in [-0.25, -0.2) is 4.79 Å². The summed E-state index contributed by atoms with van der Waals surface area (Å²) < 4.78 is 5.15. The van der Waals surface area contributed by atoms with E-state index in [1.807, 2.05) is 49.4 Å². The van der Waals surface area contributed by atoms with Gasteiger partial charge in [0.15, 0.2) is 5.54 Å². The highest BCUT2D eigenvalue weighted by Gasteiger charge is 2.69. The minimum atomic E-state index is -1.43. The quantitative estimate of drug-likeness (QED) is 0.653. The molecule has 6 heteroatoms. The van der Waals surface area contributed by atoms with Gasteiger partial charge in [-0.1, -0.05) is 54.6 Å². The fourth-order valence-corrected chi connectivity index (χ4v) is 4.69. The van der Waals surface area contributed by atoms with Crippen LogP contribution in [0.2, 0.25) is 0 Å². The zero-order chi connectivity index (χ0) is 20.1. The van der Waals surface area contributed by atoms with Gasteiger partial charge in [-0.15, -0.1) is 0 Å². The molecule has 2 fully saturated rings. The summed E-state index contributed by atoms with van der Waals surface area (Å²) in [4.78, 5) is 40.4. The molecule has 2 aromatic carbocycles. The molecule has 0 spiro atoms. The Morgan fingerprint density at radius 1 is 1.04 bits per heavy atom. The first-order chi connectivity index (χ1) is 13.4. The summed E-state index contributed by atoms with van der Waals surface area (Å²) in [5.74, 6) is -2.77. The highest BCUT2D eigenvalue weighted by Crippen LogP contribution is 2.53. The van der Waals surface area contributed by atoms with Gasteiger partial charge < -0.3 is 4.74 Å². The molecule has 144 valence electrons. The SMILES string of the molecule is COC(=O)[C@]1(c2ccccc2)N[C@H](c2ccccc2C)[C@H]2C(=O)N(C)C(=O)[C@@H]21. The molecule has 1 N–H and O–H groups in total. The number of rotatable bonds is 3. The lowest BCUT2D eigenvalue weighted by Gasteiger charge is -2.32. The summed E-state index contributed by atoms with van der Waals surface area (Å²) in [5.41, 5.74) is 1.08. The van der Waals surface area contributed by atoms with Gasteiger partial charge in [0.1, 0.15) is 0 Å². The summed E-state index contributed by atoms with van der Waals surface area (Å²) in [6, 6.07) is 16.3. The van der Waals surface area contributed by atoms with E-state index in [1.165, 1.54) is 14.2 Å². The maximum Gasteiger partial charge on any atom is 0.331 e. The molecule has 4 rings (SSSR count). The fraction of sp³-hybridized carbons (Fsp3) is 0.318. The van der Waals surface area contributed by atoms with Crippen molar-refractivity contribution in [2.24, 2.45) is 11.8 Å². The summed E-state index contributed by atoms with van der Waals surface area (Å²) >= 11 is 0. The molecule has 0 radical (unpaired) electrons. The number of esters is 1. The summed E-state index contributed by atoms with van der Waals surface area (Å²) in [6.45, 7) is 1.96. The van der Waals surface area contributed by atoms with Crippen LogP contribution in [0.5, 0.6) is 0 Å². The molecule has 4 atom stereocenters. The number of methoxy groups -OCH3 is 1. The minimum Gasteiger partial charge on any atom is -0.467 e. The fourth-order valence-electron chi connectivity index (χ4n) is 4.69. The van der Waals surface area contributed by atoms with E-state index in [0.717, 1.165) is 16.0 Å². The molecule has 28 heavy (non-hydrogen) atoms. The molecule has 6 nitrogen and oxygen atoms in total. The van der Waals surface area contributed by atoms with Crippen LogP contribution in [0.1, 0.15) is 22.7 Å². The van der Waals surface area contributed by atoms with Gasteiger partial charge in [0.2, 0.25) is 11.8 Å². The van der Waals surface area contributed by atoms with E-state index < -0.39 is 29.4 Å². The number of carbonyl (C=O) groups is 3. The average Bonchev–Trinajstić information content (AvgIpc) is 3.19. The zero-order valence-corrected chi connectivity index (χ0v) is 16.0. The van der Waals surface area contributed by atoms with Crippen LogP contribution >= 0.6 is 0 Å². The number of aryl methyl sites for hydroxylation is 1. The summed E-state index contributed by atoms with van der Waals surface area (Å²) in [6.07, 6.45) is 0. The Bertz CT molecular complexity index is 958. The van der Waals surface area contributed by atoms with Crippen molar-refractivity contribution in [2.75, 3.05) is 14.2 Å². The highest BCUT2D eigenvalue weighted by molar-refractivity contribution is 6.09. The molecular formula is C22H22N2O4. The van der Waals surface area contributed by atoms with Crippen molar-refractivity contribution >= 4 is 17.8 Å². The predicted octanol–water partition coefficient (Wildman–Crippen LogP) is 1.94. The normalized spacial score (nSPS) is 29.1. The number of amides is 2. The number of likely N-dealkylation sites (tertiary alicyclic amines) is 1. The van der Waals surface area contributed by atoms with Crippen LogP contribution < -0.4 is 5.32 Å². The van der Waals surface area contributed by atoms with Crippen LogP contribution in [0.15, 0.2) is 54.6 Å². The topological polar surface area (TPSA) is 75.7 Å². The number of nitrogens with one attached hydrogen (secondary N) is 1. The number of fused-ring (bicyclic) bond motifs is 1. The molecule has 0 unspecified atom stereocenters. The van der Waals surface area contributed by atoms with E-state index in [1.54, 1.807) is 12.1 Å². The van der Waals surface area contributed by atoms with Crippen molar-refractivity contribution in [2.45, 2.75) is 18.5 Å². The first-order valence-electron chi connectivity index (χ1n) is 9.22. The van der Waals surface area contributed by atoms with Crippen LogP contribution in [0.4, 0.5) is 0 Å². The molecule has 2 aromatic rings. The number of ether oxygens (including phenoxy) is 1. The van der Waals surface area contributed by atoms with Gasteiger partial charge in [0, 0.05) is 13.1 Å². The maximum absolute atomic E-state index is 13.1. The molecule has 0 aliphatic carbocycles. The van der Waals surface area contributed by atoms with Crippen molar-refractivity contribution in [3.05, 3.63) is 71.3 Å². The second-order valence-electron chi connectivity index (χ2n) is 7.38. The van der Waals surface area contributed by atoms with Crippen LogP contribution in [-0.4, -0.2) is 36.8 Å². The Hall–Kier alpha value is -2.99. The van der Waals surface area contributed by atoms with Crippen LogP contribution in [0.3, 0.4) is 0 Å². The second kappa shape index (κ2) is 6.56. The number of hydrogen-bond donors (Lipinski definition) is 1. The highest BCUT2D eigenvalue weighted by atomic mass is 16.5. The van der Waals surface area contributed by atoms with Gasteiger partial charge in [-0.3, -0.25) is 19.8 Å². The van der Waals surface area contributed by atoms with Gasteiger partial charge >= 0.3 is 5.97 Å². The van der Waals surface area contributed by atoms with Crippen LogP contribution in [0, 0.1) is 18.8 Å². The van der Waals surface area contributed by atoms with Crippen molar-refractivity contribution in [1.29, 1.82) is 0 Å². The Labute approximate surface area is 163 Å². The Morgan fingerprint density at radius 3 is 2.32 bits per heavy atom. The van der Waals surface area contributed by atoms with E-state index in [0.29, 0.717) is 5.56 Å². The van der Waals surface area contributed by atoms with Gasteiger partial charge in [-0.2, -0.15) is 0 Å². The molecule has 2 aliphatic rings. The number of carbonyl (C=O) groups excluding carboxylic acids is 3. The molecule has 0 bridgehead atoms. The van der Waals surface area contributed by atoms with E-state index in [9.17, 15) is 14.4 Å². The summed E-state index contributed by atoms with van der Waals surface area (Å²) in [7, 11) is 2.78. The number of imide groups is 1. The molecule has 0 aromatic heterocycles. The van der Waals surface area contributed by atoms with E-state index >= 15 is 0 Å². The molecule has 2 amide bonds. The molecule has 2 aliphatic heterocycles. The Morgan fingerprint density at radius 2 is 1.68 bits per heavy atom. The number of nitrogens with zero attached hydrogens (tertiary/aromatic N) is 1. The molecule has 0 saturated carbocycles. The number of benzene rings is 2. The largest absolute Gasteiger partial charge is 0.467 e. The van der Waals surface area contributed by atoms with Gasteiger partial charge in [0.05, 0.1) is 18.9 Å². The minimum absolute atomic E-state index is 0.280. The second-order valence-corrected chi connectivity index (χ2v) is 7.38. The zero-order valence-electron chi connectivity index (χ0n) is 16.0. The lowest BCUT2D eigenvalue weighted by Crippen LogP contribution is -2.53. The van der Waals surface area contributed by atoms with Crippen molar-refractivity contribution in [3.8, 4) is 0 Å².